The first-order valence-electron chi connectivity index (χ1n) is 18.5. The van der Waals surface area contributed by atoms with E-state index in [1.807, 2.05) is 0 Å². The van der Waals surface area contributed by atoms with Crippen molar-refractivity contribution in [3.63, 3.8) is 0 Å². The van der Waals surface area contributed by atoms with Crippen LogP contribution in [0.25, 0.3) is 88.3 Å². The lowest BCUT2D eigenvalue weighted by Crippen LogP contribution is -2.77. The highest BCUT2D eigenvalue weighted by molar-refractivity contribution is 6.14. The second-order valence-corrected chi connectivity index (χ2v) is 15.0. The molecule has 8 heterocycles. The molecule has 6 nitrogen and oxygen atoms in total. The number of hydrogen-bond acceptors (Lipinski definition) is 0. The fourth-order valence-electron chi connectivity index (χ4n) is 11.1. The molecular weight excluding hydrogens is 649 g/mol. The van der Waals surface area contributed by atoms with Crippen molar-refractivity contribution in [3.05, 3.63) is 168 Å². The van der Waals surface area contributed by atoms with Crippen LogP contribution in [0.1, 0.15) is 22.5 Å². The molecule has 6 heteroatoms. The third-order valence-corrected chi connectivity index (χ3v) is 12.8. The molecule has 53 heavy (non-hydrogen) atoms. The molecule has 1 unspecified atom stereocenters. The number of para-hydroxylation sites is 4. The average molecular weight is 679 g/mol. The molecule has 3 aliphatic rings. The molecule has 14 rings (SSSR count). The minimum Gasteiger partial charge on any atom is -0.307 e. The highest BCUT2D eigenvalue weighted by Gasteiger charge is 2.69. The van der Waals surface area contributed by atoms with Crippen molar-refractivity contribution < 1.29 is 9.25 Å². The third-order valence-electron chi connectivity index (χ3n) is 12.8. The van der Waals surface area contributed by atoms with E-state index >= 15 is 0 Å². The molecule has 246 valence electrons. The summed E-state index contributed by atoms with van der Waals surface area (Å²) in [6.07, 6.45) is 2.34. The van der Waals surface area contributed by atoms with Crippen LogP contribution in [-0.2, 0) is 5.66 Å². The molecule has 1 atom stereocenters. The number of fused-ring (bicyclic) bond motifs is 13. The average Bonchev–Trinajstić information content (AvgIpc) is 3.97. The summed E-state index contributed by atoms with van der Waals surface area (Å²) in [5, 5.41) is 7.64. The van der Waals surface area contributed by atoms with Crippen LogP contribution in [0.4, 0.5) is 0 Å². The van der Waals surface area contributed by atoms with E-state index in [2.05, 4.69) is 187 Å². The summed E-state index contributed by atoms with van der Waals surface area (Å²) in [5.41, 5.74) is 16.7. The van der Waals surface area contributed by atoms with Crippen molar-refractivity contribution in [1.82, 2.24) is 18.4 Å². The summed E-state index contributed by atoms with van der Waals surface area (Å²) in [7, 11) is 0. The Morgan fingerprint density at radius 2 is 1.00 bits per heavy atom. The third kappa shape index (κ3) is 2.64. The lowest BCUT2D eigenvalue weighted by Gasteiger charge is -2.33. The lowest BCUT2D eigenvalue weighted by atomic mass is 9.82. The number of aromatic nitrogens is 6. The molecule has 3 aliphatic heterocycles. The monoisotopic (exact) mass is 678 g/mol. The molecule has 5 aromatic heterocycles. The predicted octanol–water partition coefficient (Wildman–Crippen LogP) is 9.20. The Morgan fingerprint density at radius 3 is 1.70 bits per heavy atom. The maximum atomic E-state index is 2.65. The van der Waals surface area contributed by atoms with Crippen LogP contribution < -0.4 is 9.25 Å². The highest BCUT2D eigenvalue weighted by Crippen LogP contribution is 2.54. The summed E-state index contributed by atoms with van der Waals surface area (Å²) in [4.78, 5) is 0. The molecule has 0 fully saturated rings. The first-order valence-corrected chi connectivity index (χ1v) is 18.5. The number of nitrogens with zero attached hydrogens (tertiary/aromatic N) is 6. The maximum absolute atomic E-state index is 2.65. The van der Waals surface area contributed by atoms with Crippen LogP contribution in [-0.4, -0.2) is 18.4 Å². The first kappa shape index (κ1) is 26.8. The second kappa shape index (κ2) is 8.57. The molecular formula is C47H30N6+2. The molecule has 0 radical (unpaired) electrons. The second-order valence-electron chi connectivity index (χ2n) is 15.0. The molecule has 6 aromatic carbocycles. The van der Waals surface area contributed by atoms with Gasteiger partial charge in [-0.3, -0.25) is 0 Å². The molecule has 0 saturated carbocycles. The highest BCUT2D eigenvalue weighted by atomic mass is 15.6. The SMILES string of the molecule is Cc1c(-n2c3ccccc3c3ccccc32)c(C)[n+]2n1-c1cccc3c1C21c2c(ccc4c5ccccc5n-3c24)-n2c3ccccc3c3ccc[n+]1c32. The molecule has 0 aliphatic carbocycles. The van der Waals surface area contributed by atoms with Gasteiger partial charge < -0.3 is 9.13 Å². The Hall–Kier alpha value is -6.92. The molecule has 0 bridgehead atoms. The summed E-state index contributed by atoms with van der Waals surface area (Å²) >= 11 is 0. The van der Waals surface area contributed by atoms with E-state index in [1.54, 1.807) is 0 Å². The molecule has 1 spiro atoms. The van der Waals surface area contributed by atoms with E-state index in [0.29, 0.717) is 0 Å². The van der Waals surface area contributed by atoms with Crippen molar-refractivity contribution in [2.24, 2.45) is 0 Å². The summed E-state index contributed by atoms with van der Waals surface area (Å²) in [5.74, 6) is 0. The van der Waals surface area contributed by atoms with E-state index in [1.165, 1.54) is 111 Å². The number of benzene rings is 6. The van der Waals surface area contributed by atoms with Gasteiger partial charge in [0, 0.05) is 33.9 Å². The van der Waals surface area contributed by atoms with Gasteiger partial charge in [0.15, 0.2) is 5.69 Å². The van der Waals surface area contributed by atoms with E-state index in [9.17, 15) is 0 Å². The van der Waals surface area contributed by atoms with Gasteiger partial charge in [-0.05, 0) is 73.7 Å². The van der Waals surface area contributed by atoms with Crippen molar-refractivity contribution in [2.75, 3.05) is 0 Å². The fraction of sp³-hybridized carbons (Fsp3) is 0.0638. The number of pyridine rings is 1. The van der Waals surface area contributed by atoms with Gasteiger partial charge in [0.05, 0.1) is 39.3 Å². The zero-order chi connectivity index (χ0) is 34.5. The van der Waals surface area contributed by atoms with Crippen molar-refractivity contribution in [2.45, 2.75) is 19.5 Å². The summed E-state index contributed by atoms with van der Waals surface area (Å²) in [6, 6.07) is 51.9. The normalized spacial score (nSPS) is 16.2. The van der Waals surface area contributed by atoms with Crippen molar-refractivity contribution in [3.8, 4) is 22.7 Å². The minimum atomic E-state index is -0.707. The predicted molar refractivity (Wildman–Crippen MR) is 210 cm³/mol. The van der Waals surface area contributed by atoms with E-state index in [0.717, 1.165) is 0 Å². The zero-order valence-corrected chi connectivity index (χ0v) is 29.0. The van der Waals surface area contributed by atoms with Gasteiger partial charge in [0.25, 0.3) is 0 Å². The van der Waals surface area contributed by atoms with Crippen LogP contribution in [0.5, 0.6) is 0 Å². The first-order chi connectivity index (χ1) is 26.2. The van der Waals surface area contributed by atoms with Gasteiger partial charge in [-0.25, -0.2) is 0 Å². The Labute approximate surface area is 302 Å². The quantitative estimate of drug-likeness (QED) is 0.155. The van der Waals surface area contributed by atoms with E-state index in [-0.39, 0.29) is 0 Å². The topological polar surface area (TPSA) is 27.5 Å². The Morgan fingerprint density at radius 1 is 0.453 bits per heavy atom. The maximum Gasteiger partial charge on any atom is 0.394 e. The molecule has 0 amide bonds. The zero-order valence-electron chi connectivity index (χ0n) is 29.0. The standard InChI is InChI=1S/C47H30N6/c1-27-44(49-35-18-7-3-13-29(35)30-14-4-8-19-36(30)49)28(2)53-47-42-39(22-11-23-41(42)52(27)53)50-37-20-9-5-15-31(37)33-24-25-40(43(47)45(33)50)51-38-21-10-6-16-32(38)34-17-12-26-48(47)46(34)51/h3-26H,1-2H3/q+2. The van der Waals surface area contributed by atoms with Crippen LogP contribution in [0.15, 0.2) is 146 Å². The van der Waals surface area contributed by atoms with Gasteiger partial charge in [-0.2, -0.15) is 9.13 Å². The number of rotatable bonds is 1. The minimum absolute atomic E-state index is 0.707. The van der Waals surface area contributed by atoms with Gasteiger partial charge in [-0.1, -0.05) is 77.5 Å². The van der Waals surface area contributed by atoms with E-state index in [4.69, 9.17) is 0 Å². The van der Waals surface area contributed by atoms with Crippen LogP contribution in [0.3, 0.4) is 0 Å². The molecule has 11 aromatic rings. The van der Waals surface area contributed by atoms with Crippen molar-refractivity contribution in [1.29, 1.82) is 0 Å². The van der Waals surface area contributed by atoms with Gasteiger partial charge in [0.1, 0.15) is 33.7 Å². The molecule has 0 saturated heterocycles. The van der Waals surface area contributed by atoms with Gasteiger partial charge in [0.2, 0.25) is 5.69 Å². The van der Waals surface area contributed by atoms with Crippen LogP contribution >= 0.6 is 0 Å². The lowest BCUT2D eigenvalue weighted by molar-refractivity contribution is -0.989. The largest absolute Gasteiger partial charge is 0.394 e. The Bertz CT molecular complexity index is 3500. The number of hydrogen-bond donors (Lipinski definition) is 0. The summed E-state index contributed by atoms with van der Waals surface area (Å²) in [6.45, 7) is 4.66. The van der Waals surface area contributed by atoms with Crippen molar-refractivity contribution >= 4 is 65.5 Å². The van der Waals surface area contributed by atoms with Crippen LogP contribution in [0.2, 0.25) is 0 Å². The molecule has 0 N–H and O–H groups in total. The Kier molecular flexibility index (Phi) is 4.34. The van der Waals surface area contributed by atoms with E-state index < -0.39 is 5.66 Å². The summed E-state index contributed by atoms with van der Waals surface area (Å²) < 4.78 is 15.4. The Balaban J connectivity index is 1.27. The van der Waals surface area contributed by atoms with Gasteiger partial charge in [-0.15, -0.1) is 4.68 Å². The van der Waals surface area contributed by atoms with Gasteiger partial charge >= 0.3 is 11.3 Å². The smallest absolute Gasteiger partial charge is 0.307 e. The fourth-order valence-corrected chi connectivity index (χ4v) is 11.1. The van der Waals surface area contributed by atoms with Crippen LogP contribution in [0, 0.1) is 13.8 Å².